The van der Waals surface area contributed by atoms with E-state index >= 15 is 0 Å². The van der Waals surface area contributed by atoms with E-state index in [-0.39, 0.29) is 12.1 Å². The number of halogens is 1. The second kappa shape index (κ2) is 27.1. The van der Waals surface area contributed by atoms with E-state index in [4.69, 9.17) is 14.2 Å². The summed E-state index contributed by atoms with van der Waals surface area (Å²) in [6.45, 7) is 6.86. The summed E-state index contributed by atoms with van der Waals surface area (Å²) in [5.74, 6) is -0.109. The fraction of sp³-hybridized carbons (Fsp3) is 0.963. The number of alkyl halides is 1. The van der Waals surface area contributed by atoms with Crippen LogP contribution in [0.25, 0.3) is 0 Å². The molecular weight excluding hydrogens is 468 g/mol. The van der Waals surface area contributed by atoms with E-state index in [0.29, 0.717) is 19.6 Å². The molecule has 0 radical (unpaired) electrons. The van der Waals surface area contributed by atoms with Crippen molar-refractivity contribution in [2.75, 3.05) is 31.8 Å². The molecule has 0 fully saturated rings. The molecule has 0 rings (SSSR count). The molecule has 0 aliphatic rings. The van der Waals surface area contributed by atoms with Crippen LogP contribution >= 0.6 is 15.9 Å². The van der Waals surface area contributed by atoms with Crippen molar-refractivity contribution >= 4 is 21.9 Å². The molecule has 0 aromatic carbocycles. The molecule has 0 heterocycles. The van der Waals surface area contributed by atoms with E-state index in [1.807, 2.05) is 0 Å². The van der Waals surface area contributed by atoms with Gasteiger partial charge in [0, 0.05) is 25.0 Å². The molecule has 0 N–H and O–H groups in total. The van der Waals surface area contributed by atoms with Gasteiger partial charge in [0.05, 0.1) is 13.2 Å². The van der Waals surface area contributed by atoms with Crippen molar-refractivity contribution in [3.8, 4) is 0 Å². The Kier molecular flexibility index (Phi) is 27.0. The highest BCUT2D eigenvalue weighted by atomic mass is 79.9. The van der Waals surface area contributed by atoms with E-state index < -0.39 is 0 Å². The molecule has 0 atom stereocenters. The van der Waals surface area contributed by atoms with Gasteiger partial charge in [0.25, 0.3) is 0 Å². The van der Waals surface area contributed by atoms with Crippen LogP contribution in [-0.2, 0) is 19.0 Å². The average molecular weight is 522 g/mol. The highest BCUT2D eigenvalue weighted by Gasteiger charge is 2.15. The van der Waals surface area contributed by atoms with E-state index in [2.05, 4.69) is 29.8 Å². The lowest BCUT2D eigenvalue weighted by molar-refractivity contribution is -0.156. The maximum atomic E-state index is 12.3. The van der Waals surface area contributed by atoms with Crippen molar-refractivity contribution in [1.29, 1.82) is 0 Å². The number of carbonyl (C=O) groups is 1. The Labute approximate surface area is 208 Å². The van der Waals surface area contributed by atoms with Crippen LogP contribution in [0.15, 0.2) is 0 Å². The Morgan fingerprint density at radius 2 is 1.06 bits per heavy atom. The monoisotopic (exact) mass is 520 g/mol. The van der Waals surface area contributed by atoms with Crippen LogP contribution in [0.5, 0.6) is 0 Å². The van der Waals surface area contributed by atoms with Gasteiger partial charge < -0.3 is 14.2 Å². The van der Waals surface area contributed by atoms with Gasteiger partial charge in [0.2, 0.25) is 0 Å². The molecule has 4 nitrogen and oxygen atoms in total. The Balaban J connectivity index is 4.02. The zero-order valence-corrected chi connectivity index (χ0v) is 22.9. The van der Waals surface area contributed by atoms with Gasteiger partial charge in [-0.3, -0.25) is 4.79 Å². The topological polar surface area (TPSA) is 44.8 Å². The molecule has 0 unspecified atom stereocenters. The molecular formula is C27H53BrO4. The summed E-state index contributed by atoms with van der Waals surface area (Å²) >= 11 is 3.46. The number of hydrogen-bond donors (Lipinski definition) is 0. The van der Waals surface area contributed by atoms with E-state index in [1.54, 1.807) is 0 Å². The molecule has 0 aliphatic heterocycles. The number of hydrogen-bond acceptors (Lipinski definition) is 4. The Hall–Kier alpha value is -0.130. The fourth-order valence-corrected chi connectivity index (χ4v) is 4.05. The second-order valence-corrected chi connectivity index (χ2v) is 9.80. The molecule has 0 amide bonds. The maximum absolute atomic E-state index is 12.3. The van der Waals surface area contributed by atoms with Crippen molar-refractivity contribution < 1.29 is 19.0 Å². The Morgan fingerprint density at radius 1 is 0.625 bits per heavy atom. The summed E-state index contributed by atoms with van der Waals surface area (Å²) in [6.07, 6.45) is 20.8. The standard InChI is InChI=1S/C27H53BrO4/c1-3-5-7-9-14-18-22-30-24-26(25-31-23-19-15-10-8-6-4-2)32-27(29)20-16-12-11-13-17-21-28/h26H,3-25H2,1-2H3. The lowest BCUT2D eigenvalue weighted by Gasteiger charge is -2.18. The van der Waals surface area contributed by atoms with Gasteiger partial charge in [-0.05, 0) is 25.7 Å². The van der Waals surface area contributed by atoms with Crippen molar-refractivity contribution in [3.05, 3.63) is 0 Å². The van der Waals surface area contributed by atoms with Crippen LogP contribution in [0.2, 0.25) is 0 Å². The number of rotatable bonds is 26. The van der Waals surface area contributed by atoms with Crippen molar-refractivity contribution in [2.45, 2.75) is 136 Å². The lowest BCUT2D eigenvalue weighted by Crippen LogP contribution is -2.29. The van der Waals surface area contributed by atoms with Gasteiger partial charge in [-0.1, -0.05) is 113 Å². The molecule has 192 valence electrons. The van der Waals surface area contributed by atoms with Gasteiger partial charge in [-0.15, -0.1) is 0 Å². The third-order valence-electron chi connectivity index (χ3n) is 5.70. The van der Waals surface area contributed by atoms with Gasteiger partial charge in [-0.2, -0.15) is 0 Å². The van der Waals surface area contributed by atoms with E-state index in [1.165, 1.54) is 83.5 Å². The van der Waals surface area contributed by atoms with Crippen LogP contribution in [0.4, 0.5) is 0 Å². The number of carbonyl (C=O) groups excluding carboxylic acids is 1. The predicted octanol–water partition coefficient (Wildman–Crippen LogP) is 8.39. The third-order valence-corrected chi connectivity index (χ3v) is 6.27. The minimum absolute atomic E-state index is 0.109. The summed E-state index contributed by atoms with van der Waals surface area (Å²) < 4.78 is 17.4. The van der Waals surface area contributed by atoms with E-state index in [0.717, 1.165) is 44.2 Å². The largest absolute Gasteiger partial charge is 0.457 e. The summed E-state index contributed by atoms with van der Waals surface area (Å²) in [5, 5.41) is 1.06. The third kappa shape index (κ3) is 24.5. The van der Waals surface area contributed by atoms with Crippen LogP contribution in [-0.4, -0.2) is 43.8 Å². The fourth-order valence-electron chi connectivity index (χ4n) is 3.65. The summed E-state index contributed by atoms with van der Waals surface area (Å²) in [7, 11) is 0. The smallest absolute Gasteiger partial charge is 0.306 e. The van der Waals surface area contributed by atoms with Crippen molar-refractivity contribution in [2.24, 2.45) is 0 Å². The van der Waals surface area contributed by atoms with Crippen LogP contribution in [0, 0.1) is 0 Å². The minimum Gasteiger partial charge on any atom is -0.457 e. The number of ether oxygens (including phenoxy) is 3. The predicted molar refractivity (Wildman–Crippen MR) is 140 cm³/mol. The average Bonchev–Trinajstić information content (AvgIpc) is 2.79. The van der Waals surface area contributed by atoms with Gasteiger partial charge in [0.15, 0.2) is 0 Å². The molecule has 0 bridgehead atoms. The van der Waals surface area contributed by atoms with Gasteiger partial charge in [-0.25, -0.2) is 0 Å². The first-order valence-corrected chi connectivity index (χ1v) is 14.8. The normalized spacial score (nSPS) is 11.4. The maximum Gasteiger partial charge on any atom is 0.306 e. The molecule has 0 aromatic heterocycles. The summed E-state index contributed by atoms with van der Waals surface area (Å²) in [5.41, 5.74) is 0. The molecule has 32 heavy (non-hydrogen) atoms. The number of esters is 1. The summed E-state index contributed by atoms with van der Waals surface area (Å²) in [6, 6.07) is 0. The molecule has 0 saturated heterocycles. The first-order chi connectivity index (χ1) is 15.7. The van der Waals surface area contributed by atoms with Gasteiger partial charge in [0.1, 0.15) is 6.10 Å². The molecule has 0 aromatic rings. The second-order valence-electron chi connectivity index (χ2n) is 9.00. The summed E-state index contributed by atoms with van der Waals surface area (Å²) in [4.78, 5) is 12.3. The van der Waals surface area contributed by atoms with E-state index in [9.17, 15) is 4.79 Å². The first-order valence-electron chi connectivity index (χ1n) is 13.7. The SMILES string of the molecule is CCCCCCCCOCC(COCCCCCCCC)OC(=O)CCCCCCCBr. The van der Waals surface area contributed by atoms with Crippen molar-refractivity contribution in [1.82, 2.24) is 0 Å². The van der Waals surface area contributed by atoms with Crippen molar-refractivity contribution in [3.63, 3.8) is 0 Å². The highest BCUT2D eigenvalue weighted by molar-refractivity contribution is 9.09. The quantitative estimate of drug-likeness (QED) is 0.0651. The zero-order chi connectivity index (χ0) is 23.5. The minimum atomic E-state index is -0.281. The van der Waals surface area contributed by atoms with Crippen LogP contribution in [0.1, 0.15) is 129 Å². The molecule has 0 aliphatic carbocycles. The molecule has 0 saturated carbocycles. The Morgan fingerprint density at radius 3 is 1.56 bits per heavy atom. The molecule has 5 heteroatoms. The van der Waals surface area contributed by atoms with Crippen LogP contribution in [0.3, 0.4) is 0 Å². The zero-order valence-electron chi connectivity index (χ0n) is 21.4. The highest BCUT2D eigenvalue weighted by Crippen LogP contribution is 2.10. The van der Waals surface area contributed by atoms with Crippen LogP contribution < -0.4 is 0 Å². The lowest BCUT2D eigenvalue weighted by atomic mass is 10.1. The number of unbranched alkanes of at least 4 members (excludes halogenated alkanes) is 14. The first kappa shape index (κ1) is 31.9. The van der Waals surface area contributed by atoms with Gasteiger partial charge >= 0.3 is 5.97 Å². The molecule has 0 spiro atoms. The Bertz CT molecular complexity index is 359.